The van der Waals surface area contributed by atoms with Gasteiger partial charge in [-0.1, -0.05) is 45.0 Å². The molecule has 0 radical (unpaired) electrons. The lowest BCUT2D eigenvalue weighted by molar-refractivity contribution is -0.117. The van der Waals surface area contributed by atoms with Crippen LogP contribution < -0.4 is 10.5 Å². The summed E-state index contributed by atoms with van der Waals surface area (Å²) < 4.78 is 22.5. The van der Waals surface area contributed by atoms with Gasteiger partial charge in [0, 0.05) is 12.2 Å². The fourth-order valence-electron chi connectivity index (χ4n) is 2.65. The number of nitrogens with two attached hydrogens (primary N) is 1. The maximum atomic E-state index is 12.2. The Bertz CT molecular complexity index is 884. The predicted octanol–water partition coefficient (Wildman–Crippen LogP) is 2.70. The second kappa shape index (κ2) is 8.21. The average molecular weight is 390 g/mol. The van der Waals surface area contributed by atoms with E-state index in [1.165, 1.54) is 29.8 Å². The maximum absolute atomic E-state index is 12.2. The van der Waals surface area contributed by atoms with Crippen LogP contribution in [0.3, 0.4) is 0 Å². The molecule has 0 fully saturated rings. The van der Waals surface area contributed by atoms with Crippen molar-refractivity contribution in [3.05, 3.63) is 59.7 Å². The summed E-state index contributed by atoms with van der Waals surface area (Å²) in [4.78, 5) is 14.1. The number of hydrogen-bond donors (Lipinski definition) is 2. The van der Waals surface area contributed by atoms with Crippen LogP contribution in [0.1, 0.15) is 31.9 Å². The van der Waals surface area contributed by atoms with Gasteiger partial charge in [0.25, 0.3) is 0 Å². The highest BCUT2D eigenvalue weighted by Crippen LogP contribution is 2.22. The van der Waals surface area contributed by atoms with Crippen LogP contribution in [0.25, 0.3) is 0 Å². The zero-order valence-corrected chi connectivity index (χ0v) is 17.0. The monoisotopic (exact) mass is 389 g/mol. The largest absolute Gasteiger partial charge is 0.325 e. The smallest absolute Gasteiger partial charge is 0.238 e. The van der Waals surface area contributed by atoms with Crippen molar-refractivity contribution in [1.29, 1.82) is 0 Å². The molecule has 2 aromatic rings. The zero-order valence-electron chi connectivity index (χ0n) is 16.2. The lowest BCUT2D eigenvalue weighted by Crippen LogP contribution is -2.29. The van der Waals surface area contributed by atoms with Crippen LogP contribution in [-0.4, -0.2) is 32.8 Å². The van der Waals surface area contributed by atoms with Gasteiger partial charge in [-0.05, 0) is 47.9 Å². The number of sulfonamides is 1. The molecule has 27 heavy (non-hydrogen) atoms. The number of amides is 1. The van der Waals surface area contributed by atoms with E-state index in [-0.39, 0.29) is 22.8 Å². The standard InChI is InChI=1S/C20H27N3O3S/c1-20(2,3)16-7-5-15(6-8-16)13-23(4)14-19(24)22-17-9-11-18(12-10-17)27(21,25)26/h5-12H,13-14H2,1-4H3,(H,22,24)(H2,21,25,26). The number of benzene rings is 2. The Morgan fingerprint density at radius 1 is 1.04 bits per heavy atom. The van der Waals surface area contributed by atoms with Crippen molar-refractivity contribution in [2.24, 2.45) is 5.14 Å². The molecule has 0 heterocycles. The van der Waals surface area contributed by atoms with E-state index in [2.05, 4.69) is 50.4 Å². The molecule has 0 bridgehead atoms. The van der Waals surface area contributed by atoms with Gasteiger partial charge in [0.05, 0.1) is 11.4 Å². The minimum absolute atomic E-state index is 0.0105. The molecule has 0 aromatic heterocycles. The minimum Gasteiger partial charge on any atom is -0.325 e. The second-order valence-electron chi connectivity index (χ2n) is 7.74. The van der Waals surface area contributed by atoms with Crippen molar-refractivity contribution >= 4 is 21.6 Å². The third-order valence-corrected chi connectivity index (χ3v) is 5.08. The first kappa shape index (κ1) is 21.1. The van der Waals surface area contributed by atoms with Crippen LogP contribution in [0.2, 0.25) is 0 Å². The molecule has 0 saturated heterocycles. The van der Waals surface area contributed by atoms with Crippen LogP contribution in [0.5, 0.6) is 0 Å². The Morgan fingerprint density at radius 3 is 2.07 bits per heavy atom. The Labute approximate surface area is 161 Å². The zero-order chi connectivity index (χ0) is 20.2. The topological polar surface area (TPSA) is 92.5 Å². The van der Waals surface area contributed by atoms with E-state index >= 15 is 0 Å². The summed E-state index contributed by atoms with van der Waals surface area (Å²) in [5.74, 6) is -0.174. The van der Waals surface area contributed by atoms with Gasteiger partial charge in [0.2, 0.25) is 15.9 Å². The molecule has 146 valence electrons. The molecular formula is C20H27N3O3S. The van der Waals surface area contributed by atoms with Crippen molar-refractivity contribution < 1.29 is 13.2 Å². The fraction of sp³-hybridized carbons (Fsp3) is 0.350. The summed E-state index contributed by atoms with van der Waals surface area (Å²) in [6, 6.07) is 14.2. The highest BCUT2D eigenvalue weighted by atomic mass is 32.2. The minimum atomic E-state index is -3.74. The third kappa shape index (κ3) is 6.46. The van der Waals surface area contributed by atoms with Gasteiger partial charge in [-0.2, -0.15) is 0 Å². The number of nitrogens with zero attached hydrogens (tertiary/aromatic N) is 1. The molecule has 0 unspecified atom stereocenters. The van der Waals surface area contributed by atoms with Gasteiger partial charge >= 0.3 is 0 Å². The van der Waals surface area contributed by atoms with Crippen molar-refractivity contribution in [1.82, 2.24) is 4.90 Å². The van der Waals surface area contributed by atoms with Crippen LogP contribution >= 0.6 is 0 Å². The third-order valence-electron chi connectivity index (χ3n) is 4.15. The Kier molecular flexibility index (Phi) is 6.41. The Balaban J connectivity index is 1.90. The Hall–Kier alpha value is -2.22. The number of carbonyl (C=O) groups is 1. The summed E-state index contributed by atoms with van der Waals surface area (Å²) >= 11 is 0. The van der Waals surface area contributed by atoms with Crippen LogP contribution in [0, 0.1) is 0 Å². The number of rotatable bonds is 6. The lowest BCUT2D eigenvalue weighted by Gasteiger charge is -2.20. The van der Waals surface area contributed by atoms with Crippen LogP contribution in [0.15, 0.2) is 53.4 Å². The molecule has 0 aliphatic heterocycles. The van der Waals surface area contributed by atoms with Crippen LogP contribution in [-0.2, 0) is 26.8 Å². The van der Waals surface area contributed by atoms with E-state index in [1.54, 1.807) is 0 Å². The molecule has 0 aliphatic rings. The number of primary sulfonamides is 1. The van der Waals surface area contributed by atoms with Crippen molar-refractivity contribution in [3.8, 4) is 0 Å². The van der Waals surface area contributed by atoms with Gasteiger partial charge in [-0.25, -0.2) is 13.6 Å². The predicted molar refractivity (Wildman–Crippen MR) is 108 cm³/mol. The quantitative estimate of drug-likeness (QED) is 0.794. The maximum Gasteiger partial charge on any atom is 0.238 e. The summed E-state index contributed by atoms with van der Waals surface area (Å²) in [6.07, 6.45) is 0. The molecular weight excluding hydrogens is 362 g/mol. The van der Waals surface area contributed by atoms with E-state index in [1.807, 2.05) is 11.9 Å². The van der Waals surface area contributed by atoms with E-state index < -0.39 is 10.0 Å². The molecule has 0 atom stereocenters. The summed E-state index contributed by atoms with van der Waals surface area (Å²) in [5.41, 5.74) is 3.05. The van der Waals surface area contributed by atoms with Gasteiger partial charge in [0.15, 0.2) is 0 Å². The Morgan fingerprint density at radius 2 is 1.59 bits per heavy atom. The van der Waals surface area contributed by atoms with Gasteiger partial charge < -0.3 is 5.32 Å². The number of nitrogens with one attached hydrogen (secondary N) is 1. The van der Waals surface area contributed by atoms with Crippen molar-refractivity contribution in [2.45, 2.75) is 37.6 Å². The fourth-order valence-corrected chi connectivity index (χ4v) is 3.17. The first-order valence-corrected chi connectivity index (χ1v) is 10.2. The highest BCUT2D eigenvalue weighted by molar-refractivity contribution is 7.89. The number of carbonyl (C=O) groups excluding carboxylic acids is 1. The van der Waals surface area contributed by atoms with Gasteiger partial charge in [0.1, 0.15) is 0 Å². The summed E-state index contributed by atoms with van der Waals surface area (Å²) in [6.45, 7) is 7.40. The van der Waals surface area contributed by atoms with Gasteiger partial charge in [-0.15, -0.1) is 0 Å². The number of hydrogen-bond acceptors (Lipinski definition) is 4. The molecule has 1 amide bonds. The summed E-state index contributed by atoms with van der Waals surface area (Å²) in [5, 5.41) is 7.81. The van der Waals surface area contributed by atoms with Crippen LogP contribution in [0.4, 0.5) is 5.69 Å². The lowest BCUT2D eigenvalue weighted by atomic mass is 9.87. The average Bonchev–Trinajstić information content (AvgIpc) is 2.53. The van der Waals surface area contributed by atoms with E-state index in [0.717, 1.165) is 5.56 Å². The number of likely N-dealkylation sites (N-methyl/N-ethyl adjacent to an activating group) is 1. The molecule has 2 rings (SSSR count). The normalized spacial score (nSPS) is 12.2. The van der Waals surface area contributed by atoms with E-state index in [9.17, 15) is 13.2 Å². The molecule has 3 N–H and O–H groups in total. The summed E-state index contributed by atoms with van der Waals surface area (Å²) in [7, 11) is -1.86. The van der Waals surface area contributed by atoms with E-state index in [0.29, 0.717) is 12.2 Å². The SMILES string of the molecule is CN(CC(=O)Nc1ccc(S(N)(=O)=O)cc1)Cc1ccc(C(C)(C)C)cc1. The molecule has 7 heteroatoms. The molecule has 6 nitrogen and oxygen atoms in total. The van der Waals surface area contributed by atoms with Crippen molar-refractivity contribution in [2.75, 3.05) is 18.9 Å². The second-order valence-corrected chi connectivity index (χ2v) is 9.30. The highest BCUT2D eigenvalue weighted by Gasteiger charge is 2.14. The molecule has 0 saturated carbocycles. The van der Waals surface area contributed by atoms with Gasteiger partial charge in [-0.3, -0.25) is 9.69 Å². The first-order valence-electron chi connectivity index (χ1n) is 8.66. The molecule has 2 aromatic carbocycles. The molecule has 0 spiro atoms. The van der Waals surface area contributed by atoms with Crippen molar-refractivity contribution in [3.63, 3.8) is 0 Å². The van der Waals surface area contributed by atoms with E-state index in [4.69, 9.17) is 5.14 Å². The first-order chi connectivity index (χ1) is 12.4. The number of anilines is 1. The molecule has 0 aliphatic carbocycles.